The lowest BCUT2D eigenvalue weighted by atomic mass is 10.0. The summed E-state index contributed by atoms with van der Waals surface area (Å²) in [6.45, 7) is 0. The lowest BCUT2D eigenvalue weighted by Gasteiger charge is -2.12. The van der Waals surface area contributed by atoms with E-state index in [1.807, 2.05) is 18.2 Å². The Kier molecular flexibility index (Phi) is 5.36. The van der Waals surface area contributed by atoms with Gasteiger partial charge in [-0.2, -0.15) is 5.10 Å². The number of methoxy groups -OCH3 is 1. The molecule has 1 N–H and O–H groups in total. The Morgan fingerprint density at radius 1 is 1.14 bits per heavy atom. The zero-order valence-electron chi connectivity index (χ0n) is 15.0. The number of aromatic nitrogens is 3. The minimum Gasteiger partial charge on any atom is -0.497 e. The van der Waals surface area contributed by atoms with E-state index >= 15 is 0 Å². The molecule has 6 nitrogen and oxygen atoms in total. The van der Waals surface area contributed by atoms with Gasteiger partial charge >= 0.3 is 5.97 Å². The third kappa shape index (κ3) is 3.64. The molecule has 4 rings (SSSR count). The molecule has 0 bridgehead atoms. The molecule has 0 aliphatic heterocycles. The molecule has 1 aromatic carbocycles. The Balaban J connectivity index is 1.93. The Morgan fingerprint density at radius 2 is 1.90 bits per heavy atom. The molecule has 29 heavy (non-hydrogen) atoms. The second-order valence-electron chi connectivity index (χ2n) is 6.13. The minimum atomic E-state index is -1.02. The van der Waals surface area contributed by atoms with Gasteiger partial charge in [0.2, 0.25) is 0 Å². The maximum Gasteiger partial charge on any atom is 0.337 e. The van der Waals surface area contributed by atoms with Crippen LogP contribution in [-0.4, -0.2) is 33.4 Å². The smallest absolute Gasteiger partial charge is 0.337 e. The van der Waals surface area contributed by atoms with Crippen molar-refractivity contribution in [2.75, 3.05) is 7.11 Å². The van der Waals surface area contributed by atoms with Crippen LogP contribution in [0.3, 0.4) is 0 Å². The number of halogens is 2. The number of carbonyl (C=O) groups is 1. The van der Waals surface area contributed by atoms with E-state index in [0.29, 0.717) is 44.0 Å². The summed E-state index contributed by atoms with van der Waals surface area (Å²) >= 11 is 13.8. The summed E-state index contributed by atoms with van der Waals surface area (Å²) in [6, 6.07) is 7.07. The van der Waals surface area contributed by atoms with Crippen molar-refractivity contribution >= 4 is 51.3 Å². The maximum atomic E-state index is 11.6. The van der Waals surface area contributed by atoms with Gasteiger partial charge in [-0.05, 0) is 35.2 Å². The highest BCUT2D eigenvalue weighted by Gasteiger charge is 2.20. The lowest BCUT2D eigenvalue weighted by Crippen LogP contribution is -2.02. The van der Waals surface area contributed by atoms with Gasteiger partial charge in [-0.1, -0.05) is 23.2 Å². The Labute approximate surface area is 179 Å². The van der Waals surface area contributed by atoms with Crippen LogP contribution in [0.5, 0.6) is 5.75 Å². The lowest BCUT2D eigenvalue weighted by molar-refractivity contribution is 0.0698. The summed E-state index contributed by atoms with van der Waals surface area (Å²) in [5, 5.41) is 22.4. The quantitative estimate of drug-likeness (QED) is 0.445. The first-order valence-electron chi connectivity index (χ1n) is 8.42. The Bertz CT molecular complexity index is 1220. The summed E-state index contributed by atoms with van der Waals surface area (Å²) in [7, 11) is 1.57. The van der Waals surface area contributed by atoms with Gasteiger partial charge in [0.1, 0.15) is 11.4 Å². The van der Waals surface area contributed by atoms with Crippen molar-refractivity contribution in [3.63, 3.8) is 0 Å². The second-order valence-corrected chi connectivity index (χ2v) is 7.86. The highest BCUT2D eigenvalue weighted by atomic mass is 35.5. The third-order valence-electron chi connectivity index (χ3n) is 4.47. The van der Waals surface area contributed by atoms with E-state index in [0.717, 1.165) is 10.8 Å². The zero-order valence-corrected chi connectivity index (χ0v) is 17.3. The number of hydrogen-bond acceptors (Lipinski definition) is 6. The topological polar surface area (TPSA) is 85.2 Å². The number of aromatic carboxylic acids is 1. The van der Waals surface area contributed by atoms with E-state index < -0.39 is 5.97 Å². The number of benzene rings is 1. The van der Waals surface area contributed by atoms with Gasteiger partial charge in [0.25, 0.3) is 0 Å². The van der Waals surface area contributed by atoms with Crippen molar-refractivity contribution in [3.05, 3.63) is 68.9 Å². The van der Waals surface area contributed by atoms with Crippen molar-refractivity contribution in [2.24, 2.45) is 0 Å². The van der Waals surface area contributed by atoms with Gasteiger partial charge in [-0.3, -0.25) is 4.98 Å². The molecule has 0 saturated heterocycles. The van der Waals surface area contributed by atoms with Crippen LogP contribution < -0.4 is 4.74 Å². The molecule has 3 aromatic heterocycles. The van der Waals surface area contributed by atoms with Crippen molar-refractivity contribution in [3.8, 4) is 16.3 Å². The van der Waals surface area contributed by atoms with E-state index in [1.54, 1.807) is 18.6 Å². The first kappa shape index (κ1) is 19.6. The van der Waals surface area contributed by atoms with E-state index in [4.69, 9.17) is 27.9 Å². The fourth-order valence-electron chi connectivity index (χ4n) is 3.05. The number of carboxylic acids is 1. The predicted octanol–water partition coefficient (Wildman–Crippen LogP) is 5.36. The minimum absolute atomic E-state index is 0.182. The molecule has 0 spiro atoms. The molecule has 0 fully saturated rings. The molecule has 146 valence electrons. The number of carboxylic acid groups (broad SMARTS) is 1. The number of nitrogens with zero attached hydrogens (tertiary/aromatic N) is 3. The van der Waals surface area contributed by atoms with Crippen LogP contribution in [0.15, 0.2) is 42.0 Å². The predicted molar refractivity (Wildman–Crippen MR) is 113 cm³/mol. The van der Waals surface area contributed by atoms with Crippen LogP contribution in [0.1, 0.15) is 21.6 Å². The van der Waals surface area contributed by atoms with Crippen LogP contribution in [0.2, 0.25) is 10.0 Å². The van der Waals surface area contributed by atoms with Crippen molar-refractivity contribution < 1.29 is 14.6 Å². The fourth-order valence-corrected chi connectivity index (χ4v) is 4.43. The largest absolute Gasteiger partial charge is 0.497 e. The summed E-state index contributed by atoms with van der Waals surface area (Å²) in [6.07, 6.45) is 3.41. The van der Waals surface area contributed by atoms with Crippen LogP contribution >= 0.6 is 34.5 Å². The molecular formula is C20H13Cl2N3O3S. The molecule has 0 saturated carbocycles. The fraction of sp³-hybridized carbons (Fsp3) is 0.100. The highest BCUT2D eigenvalue weighted by Crippen LogP contribution is 2.36. The molecule has 3 heterocycles. The van der Waals surface area contributed by atoms with Gasteiger partial charge in [0.15, 0.2) is 0 Å². The molecule has 9 heteroatoms. The first-order chi connectivity index (χ1) is 14.0. The van der Waals surface area contributed by atoms with E-state index in [1.165, 1.54) is 23.7 Å². The monoisotopic (exact) mass is 445 g/mol. The Hall–Kier alpha value is -2.74. The van der Waals surface area contributed by atoms with Crippen LogP contribution in [0.25, 0.3) is 21.3 Å². The second kappa shape index (κ2) is 7.94. The van der Waals surface area contributed by atoms with Crippen molar-refractivity contribution in [2.45, 2.75) is 6.42 Å². The SMILES string of the molecule is COc1ccc2c(Cc3c(Cl)cncc3Cl)nnc(-c3sccc3C(=O)O)c2c1. The van der Waals surface area contributed by atoms with Gasteiger partial charge < -0.3 is 9.84 Å². The maximum absolute atomic E-state index is 11.6. The standard InChI is InChI=1S/C20H13Cl2N3O3S/c1-28-10-2-3-11-13(6-10)18(19-12(20(26)27)4-5-29-19)25-24-17(11)7-14-15(21)8-23-9-16(14)22/h2-6,8-9H,7H2,1H3,(H,26,27). The van der Waals surface area contributed by atoms with E-state index in [-0.39, 0.29) is 5.56 Å². The molecule has 0 atom stereocenters. The van der Waals surface area contributed by atoms with Gasteiger partial charge in [-0.25, -0.2) is 4.79 Å². The summed E-state index contributed by atoms with van der Waals surface area (Å²) in [5.74, 6) is -0.385. The van der Waals surface area contributed by atoms with Crippen molar-refractivity contribution in [1.82, 2.24) is 15.2 Å². The Morgan fingerprint density at radius 3 is 2.59 bits per heavy atom. The zero-order chi connectivity index (χ0) is 20.5. The number of hydrogen-bond donors (Lipinski definition) is 1. The number of pyridine rings is 1. The number of fused-ring (bicyclic) bond motifs is 1. The average molecular weight is 446 g/mol. The third-order valence-corrected chi connectivity index (χ3v) is 6.04. The molecule has 0 aliphatic rings. The summed E-state index contributed by atoms with van der Waals surface area (Å²) < 4.78 is 5.36. The van der Waals surface area contributed by atoms with Gasteiger partial charge in [0, 0.05) is 29.6 Å². The highest BCUT2D eigenvalue weighted by molar-refractivity contribution is 7.14. The number of rotatable bonds is 5. The van der Waals surface area contributed by atoms with Crippen LogP contribution in [0.4, 0.5) is 0 Å². The van der Waals surface area contributed by atoms with E-state index in [9.17, 15) is 9.90 Å². The summed E-state index contributed by atoms with van der Waals surface area (Å²) in [5.41, 5.74) is 2.03. The normalized spacial score (nSPS) is 11.0. The molecule has 0 unspecified atom stereocenters. The number of ether oxygens (including phenoxy) is 1. The number of thiophene rings is 1. The molecule has 0 amide bonds. The molecular weight excluding hydrogens is 433 g/mol. The molecule has 0 radical (unpaired) electrons. The summed E-state index contributed by atoms with van der Waals surface area (Å²) in [4.78, 5) is 16.1. The first-order valence-corrected chi connectivity index (χ1v) is 10.1. The average Bonchev–Trinajstić information content (AvgIpc) is 3.20. The molecule has 0 aliphatic carbocycles. The van der Waals surface area contributed by atoms with Gasteiger partial charge in [-0.15, -0.1) is 16.4 Å². The van der Waals surface area contributed by atoms with Crippen molar-refractivity contribution in [1.29, 1.82) is 0 Å². The van der Waals surface area contributed by atoms with Crippen LogP contribution in [-0.2, 0) is 6.42 Å². The molecule has 4 aromatic rings. The van der Waals surface area contributed by atoms with Gasteiger partial charge in [0.05, 0.1) is 33.3 Å². The van der Waals surface area contributed by atoms with E-state index in [2.05, 4.69) is 15.2 Å². The van der Waals surface area contributed by atoms with Crippen LogP contribution in [0, 0.1) is 0 Å².